The third-order valence-corrected chi connectivity index (χ3v) is 5.42. The molecule has 2 unspecified atom stereocenters. The monoisotopic (exact) mass is 306 g/mol. The second kappa shape index (κ2) is 8.00. The molecule has 22 heavy (non-hydrogen) atoms. The van der Waals surface area contributed by atoms with Crippen molar-refractivity contribution in [3.05, 3.63) is 12.3 Å². The molecular weight excluding hydrogens is 276 g/mol. The average molecular weight is 306 g/mol. The first kappa shape index (κ1) is 15.9. The Hall–Kier alpha value is -1.03. The lowest BCUT2D eigenvalue weighted by Crippen LogP contribution is -2.47. The topological polar surface area (TPSA) is 41.6 Å². The maximum atomic E-state index is 12.5. The van der Waals surface area contributed by atoms with Crippen molar-refractivity contribution in [2.45, 2.75) is 69.9 Å². The molecule has 4 heteroatoms. The minimum Gasteiger partial charge on any atom is -0.497 e. The largest absolute Gasteiger partial charge is 0.497 e. The van der Waals surface area contributed by atoms with Gasteiger partial charge in [-0.25, -0.2) is 0 Å². The van der Waals surface area contributed by atoms with E-state index in [2.05, 4.69) is 16.3 Å². The van der Waals surface area contributed by atoms with Crippen LogP contribution in [0.4, 0.5) is 0 Å². The zero-order valence-corrected chi connectivity index (χ0v) is 13.6. The van der Waals surface area contributed by atoms with Crippen LogP contribution < -0.4 is 5.32 Å². The van der Waals surface area contributed by atoms with Crippen molar-refractivity contribution in [2.24, 2.45) is 5.92 Å². The number of carbonyl (C=O) groups is 1. The van der Waals surface area contributed by atoms with Gasteiger partial charge in [0.05, 0.1) is 12.3 Å². The van der Waals surface area contributed by atoms with Gasteiger partial charge in [-0.1, -0.05) is 19.3 Å². The maximum Gasteiger partial charge on any atom is 0.237 e. The molecule has 2 aliphatic heterocycles. The zero-order valence-electron chi connectivity index (χ0n) is 13.6. The number of nitrogens with zero attached hydrogens (tertiary/aromatic N) is 1. The van der Waals surface area contributed by atoms with E-state index in [4.69, 9.17) is 4.74 Å². The zero-order chi connectivity index (χ0) is 15.2. The number of allylic oxidation sites excluding steroid dienone is 1. The highest BCUT2D eigenvalue weighted by Gasteiger charge is 2.32. The molecule has 3 rings (SSSR count). The van der Waals surface area contributed by atoms with E-state index >= 15 is 0 Å². The SMILES string of the molecule is O=C(NCC1CCCCC1)C1CCCN1CC1CCC=CO1. The van der Waals surface area contributed by atoms with Crippen LogP contribution in [-0.2, 0) is 9.53 Å². The van der Waals surface area contributed by atoms with E-state index in [0.717, 1.165) is 45.3 Å². The summed E-state index contributed by atoms with van der Waals surface area (Å²) in [7, 11) is 0. The third-order valence-electron chi connectivity index (χ3n) is 5.42. The highest BCUT2D eigenvalue weighted by Crippen LogP contribution is 2.24. The highest BCUT2D eigenvalue weighted by molar-refractivity contribution is 5.82. The van der Waals surface area contributed by atoms with E-state index in [1.807, 2.05) is 6.26 Å². The van der Waals surface area contributed by atoms with Gasteiger partial charge in [-0.15, -0.1) is 0 Å². The van der Waals surface area contributed by atoms with Gasteiger partial charge in [0.15, 0.2) is 0 Å². The van der Waals surface area contributed by atoms with Crippen molar-refractivity contribution in [3.8, 4) is 0 Å². The molecule has 1 amide bonds. The summed E-state index contributed by atoms with van der Waals surface area (Å²) in [4.78, 5) is 14.9. The van der Waals surface area contributed by atoms with Crippen molar-refractivity contribution in [1.29, 1.82) is 0 Å². The molecular formula is C18H30N2O2. The fourth-order valence-corrected chi connectivity index (χ4v) is 4.08. The van der Waals surface area contributed by atoms with Gasteiger partial charge in [0.2, 0.25) is 5.91 Å². The predicted octanol–water partition coefficient (Wildman–Crippen LogP) is 2.84. The van der Waals surface area contributed by atoms with Crippen LogP contribution in [0.3, 0.4) is 0 Å². The van der Waals surface area contributed by atoms with Gasteiger partial charge >= 0.3 is 0 Å². The van der Waals surface area contributed by atoms with E-state index in [-0.39, 0.29) is 18.1 Å². The minimum absolute atomic E-state index is 0.0677. The summed E-state index contributed by atoms with van der Waals surface area (Å²) in [6.45, 7) is 2.81. The molecule has 1 saturated carbocycles. The summed E-state index contributed by atoms with van der Waals surface area (Å²) in [5.41, 5.74) is 0. The van der Waals surface area contributed by atoms with E-state index in [1.165, 1.54) is 32.1 Å². The molecule has 124 valence electrons. The van der Waals surface area contributed by atoms with Crippen LogP contribution in [0.15, 0.2) is 12.3 Å². The fraction of sp³-hybridized carbons (Fsp3) is 0.833. The first-order chi connectivity index (χ1) is 10.8. The van der Waals surface area contributed by atoms with Crippen LogP contribution in [0, 0.1) is 5.92 Å². The number of amides is 1. The Morgan fingerprint density at radius 1 is 1.14 bits per heavy atom. The van der Waals surface area contributed by atoms with Crippen molar-refractivity contribution in [2.75, 3.05) is 19.6 Å². The minimum atomic E-state index is 0.0677. The Labute approximate surface area is 134 Å². The van der Waals surface area contributed by atoms with Gasteiger partial charge in [0.1, 0.15) is 6.10 Å². The van der Waals surface area contributed by atoms with Crippen LogP contribution >= 0.6 is 0 Å². The molecule has 0 bridgehead atoms. The number of hydrogen-bond donors (Lipinski definition) is 1. The smallest absolute Gasteiger partial charge is 0.237 e. The van der Waals surface area contributed by atoms with Crippen molar-refractivity contribution < 1.29 is 9.53 Å². The van der Waals surface area contributed by atoms with Crippen LogP contribution in [0.2, 0.25) is 0 Å². The number of rotatable bonds is 5. The summed E-state index contributed by atoms with van der Waals surface area (Å²) < 4.78 is 5.67. The molecule has 3 aliphatic rings. The number of ether oxygens (including phenoxy) is 1. The molecule has 0 radical (unpaired) electrons. The Kier molecular flexibility index (Phi) is 5.76. The lowest BCUT2D eigenvalue weighted by molar-refractivity contribution is -0.126. The van der Waals surface area contributed by atoms with Crippen LogP contribution in [0.1, 0.15) is 57.8 Å². The highest BCUT2D eigenvalue weighted by atomic mass is 16.5. The molecule has 4 nitrogen and oxygen atoms in total. The average Bonchev–Trinajstić information content (AvgIpc) is 3.03. The summed E-state index contributed by atoms with van der Waals surface area (Å²) in [6.07, 6.45) is 15.1. The second-order valence-electron chi connectivity index (χ2n) is 7.11. The summed E-state index contributed by atoms with van der Waals surface area (Å²) in [6, 6.07) is 0.0677. The number of likely N-dealkylation sites (tertiary alicyclic amines) is 1. The Balaban J connectivity index is 1.44. The lowest BCUT2D eigenvalue weighted by atomic mass is 9.89. The number of nitrogens with one attached hydrogen (secondary N) is 1. The van der Waals surface area contributed by atoms with Crippen LogP contribution in [0.5, 0.6) is 0 Å². The molecule has 1 saturated heterocycles. The first-order valence-electron chi connectivity index (χ1n) is 9.15. The van der Waals surface area contributed by atoms with Crippen molar-refractivity contribution in [1.82, 2.24) is 10.2 Å². The van der Waals surface area contributed by atoms with Crippen LogP contribution in [0.25, 0.3) is 0 Å². The standard InChI is InChI=1S/C18H30N2O2/c21-18(19-13-15-7-2-1-3-8-15)17-10-6-11-20(17)14-16-9-4-5-12-22-16/h5,12,15-17H,1-4,6-11,13-14H2,(H,19,21). The molecule has 2 atom stereocenters. The van der Waals surface area contributed by atoms with E-state index in [9.17, 15) is 4.79 Å². The molecule has 2 heterocycles. The quantitative estimate of drug-likeness (QED) is 0.849. The van der Waals surface area contributed by atoms with Gasteiger partial charge in [-0.05, 0) is 57.1 Å². The molecule has 1 aliphatic carbocycles. The lowest BCUT2D eigenvalue weighted by Gasteiger charge is -2.29. The predicted molar refractivity (Wildman–Crippen MR) is 87.4 cm³/mol. The summed E-state index contributed by atoms with van der Waals surface area (Å²) in [5.74, 6) is 0.953. The van der Waals surface area contributed by atoms with Gasteiger partial charge in [-0.3, -0.25) is 9.69 Å². The molecule has 0 aromatic heterocycles. The van der Waals surface area contributed by atoms with Gasteiger partial charge in [0.25, 0.3) is 0 Å². The fourth-order valence-electron chi connectivity index (χ4n) is 4.08. The summed E-state index contributed by atoms with van der Waals surface area (Å²) >= 11 is 0. The van der Waals surface area contributed by atoms with E-state index in [0.29, 0.717) is 5.92 Å². The molecule has 0 aromatic rings. The van der Waals surface area contributed by atoms with Gasteiger partial charge in [-0.2, -0.15) is 0 Å². The molecule has 1 N–H and O–H groups in total. The Morgan fingerprint density at radius 2 is 2.00 bits per heavy atom. The maximum absolute atomic E-state index is 12.5. The van der Waals surface area contributed by atoms with Crippen LogP contribution in [-0.4, -0.2) is 42.6 Å². The van der Waals surface area contributed by atoms with Gasteiger partial charge in [0, 0.05) is 13.1 Å². The molecule has 0 aromatic carbocycles. The van der Waals surface area contributed by atoms with E-state index < -0.39 is 0 Å². The van der Waals surface area contributed by atoms with Gasteiger partial charge < -0.3 is 10.1 Å². The molecule has 2 fully saturated rings. The Morgan fingerprint density at radius 3 is 2.77 bits per heavy atom. The number of hydrogen-bond acceptors (Lipinski definition) is 3. The second-order valence-corrected chi connectivity index (χ2v) is 7.11. The van der Waals surface area contributed by atoms with Crippen molar-refractivity contribution in [3.63, 3.8) is 0 Å². The molecule has 0 spiro atoms. The number of carbonyl (C=O) groups excluding carboxylic acids is 1. The first-order valence-corrected chi connectivity index (χ1v) is 9.15. The normalized spacial score (nSPS) is 30.2. The Bertz CT molecular complexity index is 391. The summed E-state index contributed by atoms with van der Waals surface area (Å²) in [5, 5.41) is 3.23. The van der Waals surface area contributed by atoms with E-state index in [1.54, 1.807) is 0 Å². The van der Waals surface area contributed by atoms with Crippen molar-refractivity contribution >= 4 is 5.91 Å². The third kappa shape index (κ3) is 4.25.